The van der Waals surface area contributed by atoms with Gasteiger partial charge in [0.2, 0.25) is 17.7 Å². The van der Waals surface area contributed by atoms with Gasteiger partial charge in [0, 0.05) is 11.2 Å². The Morgan fingerprint density at radius 3 is 2.33 bits per heavy atom. The highest BCUT2D eigenvalue weighted by Crippen LogP contribution is 2.59. The van der Waals surface area contributed by atoms with Crippen LogP contribution in [0.25, 0.3) is 0 Å². The van der Waals surface area contributed by atoms with E-state index in [1.54, 1.807) is 12.1 Å². The minimum absolute atomic E-state index is 0.289. The van der Waals surface area contributed by atoms with Crippen molar-refractivity contribution in [1.82, 2.24) is 10.2 Å². The summed E-state index contributed by atoms with van der Waals surface area (Å²) in [6.07, 6.45) is 0.632. The van der Waals surface area contributed by atoms with Crippen molar-refractivity contribution in [3.63, 3.8) is 0 Å². The molecule has 0 aliphatic carbocycles. The normalized spacial score (nSPS) is 29.7. The summed E-state index contributed by atoms with van der Waals surface area (Å²) in [6, 6.07) is 16.6. The van der Waals surface area contributed by atoms with E-state index in [0.29, 0.717) is 18.5 Å². The number of aliphatic hydroxyl groups excluding tert-OH is 1. The predicted octanol–water partition coefficient (Wildman–Crippen LogP) is 2.65. The van der Waals surface area contributed by atoms with Crippen LogP contribution in [0.2, 0.25) is 0 Å². The van der Waals surface area contributed by atoms with Crippen molar-refractivity contribution in [2.24, 2.45) is 11.8 Å². The molecule has 36 heavy (non-hydrogen) atoms. The zero-order chi connectivity index (χ0) is 25.7. The van der Waals surface area contributed by atoms with E-state index in [9.17, 15) is 19.5 Å². The molecule has 3 amide bonds. The molecule has 2 aromatic rings. The topological polar surface area (TPSA) is 108 Å². The van der Waals surface area contributed by atoms with Gasteiger partial charge >= 0.3 is 0 Å². The Balaban J connectivity index is 1.56. The third-order valence-corrected chi connectivity index (χ3v) is 7.52. The average molecular weight is 492 g/mol. The van der Waals surface area contributed by atoms with Crippen LogP contribution in [0.3, 0.4) is 0 Å². The lowest BCUT2D eigenvalue weighted by molar-refractivity contribution is -0.146. The van der Waals surface area contributed by atoms with Gasteiger partial charge in [-0.2, -0.15) is 0 Å². The number of benzene rings is 2. The zero-order valence-electron chi connectivity index (χ0n) is 20.8. The van der Waals surface area contributed by atoms with Crippen molar-refractivity contribution in [2.75, 3.05) is 11.9 Å². The number of likely N-dealkylation sites (tertiary alicyclic amines) is 1. The van der Waals surface area contributed by atoms with Crippen LogP contribution in [-0.2, 0) is 19.1 Å². The highest BCUT2D eigenvalue weighted by molar-refractivity contribution is 6.02. The molecule has 2 aromatic carbocycles. The van der Waals surface area contributed by atoms with Gasteiger partial charge in [0.05, 0.1) is 30.6 Å². The van der Waals surface area contributed by atoms with Crippen LogP contribution in [0.1, 0.15) is 45.2 Å². The Hall–Kier alpha value is -3.23. The summed E-state index contributed by atoms with van der Waals surface area (Å²) in [5.41, 5.74) is -0.306. The van der Waals surface area contributed by atoms with Gasteiger partial charge in [-0.05, 0) is 51.3 Å². The molecule has 5 rings (SSSR count). The number of para-hydroxylation sites is 1. The summed E-state index contributed by atoms with van der Waals surface area (Å²) in [7, 11) is 0. The fourth-order valence-corrected chi connectivity index (χ4v) is 6.24. The highest BCUT2D eigenvalue weighted by atomic mass is 16.5. The second kappa shape index (κ2) is 9.01. The molecule has 3 saturated heterocycles. The van der Waals surface area contributed by atoms with Crippen molar-refractivity contribution in [3.8, 4) is 0 Å². The monoisotopic (exact) mass is 491 g/mol. The first-order valence-corrected chi connectivity index (χ1v) is 12.5. The van der Waals surface area contributed by atoms with E-state index in [4.69, 9.17) is 4.74 Å². The number of rotatable bonds is 6. The summed E-state index contributed by atoms with van der Waals surface area (Å²) < 4.78 is 6.47. The van der Waals surface area contributed by atoms with Crippen molar-refractivity contribution >= 4 is 23.4 Å². The van der Waals surface area contributed by atoms with Crippen molar-refractivity contribution in [2.45, 2.75) is 62.9 Å². The Labute approximate surface area is 211 Å². The van der Waals surface area contributed by atoms with Gasteiger partial charge in [0.15, 0.2) is 0 Å². The number of anilines is 1. The summed E-state index contributed by atoms with van der Waals surface area (Å²) >= 11 is 0. The molecular formula is C28H33N3O5. The van der Waals surface area contributed by atoms with Gasteiger partial charge in [-0.25, -0.2) is 0 Å². The molecule has 3 heterocycles. The minimum Gasteiger partial charge on any atom is -0.394 e. The lowest BCUT2D eigenvalue weighted by atomic mass is 9.70. The van der Waals surface area contributed by atoms with Crippen LogP contribution >= 0.6 is 0 Å². The first-order chi connectivity index (χ1) is 17.2. The summed E-state index contributed by atoms with van der Waals surface area (Å²) in [6.45, 7) is 5.28. The second-order valence-corrected chi connectivity index (χ2v) is 11.0. The quantitative estimate of drug-likeness (QED) is 0.576. The van der Waals surface area contributed by atoms with E-state index < -0.39 is 41.2 Å². The molecule has 0 aromatic heterocycles. The molecule has 8 nitrogen and oxygen atoms in total. The van der Waals surface area contributed by atoms with Crippen molar-refractivity contribution in [1.29, 1.82) is 0 Å². The van der Waals surface area contributed by atoms with Gasteiger partial charge < -0.3 is 25.4 Å². The molecule has 8 heteroatoms. The van der Waals surface area contributed by atoms with Gasteiger partial charge in [-0.1, -0.05) is 48.5 Å². The number of aliphatic hydroxyl groups is 1. The number of carbonyl (C=O) groups excluding carboxylic acids is 3. The van der Waals surface area contributed by atoms with E-state index in [2.05, 4.69) is 10.6 Å². The Morgan fingerprint density at radius 2 is 1.72 bits per heavy atom. The molecule has 3 N–H and O–H groups in total. The van der Waals surface area contributed by atoms with Gasteiger partial charge in [-0.3, -0.25) is 14.4 Å². The van der Waals surface area contributed by atoms with E-state index in [0.717, 1.165) is 5.56 Å². The molecule has 190 valence electrons. The Bertz CT molecular complexity index is 1150. The molecule has 6 atom stereocenters. The number of fused-ring (bicyclic) bond motifs is 1. The average Bonchev–Trinajstić information content (AvgIpc) is 3.48. The van der Waals surface area contributed by atoms with Gasteiger partial charge in [0.25, 0.3) is 0 Å². The molecular weight excluding hydrogens is 458 g/mol. The van der Waals surface area contributed by atoms with Crippen LogP contribution in [0.15, 0.2) is 60.7 Å². The number of hydrogen-bond donors (Lipinski definition) is 3. The lowest BCUT2D eigenvalue weighted by Crippen LogP contribution is -2.59. The van der Waals surface area contributed by atoms with Gasteiger partial charge in [-0.15, -0.1) is 0 Å². The van der Waals surface area contributed by atoms with Crippen LogP contribution in [-0.4, -0.2) is 57.6 Å². The smallest absolute Gasteiger partial charge is 0.246 e. The fraction of sp³-hybridized carbons (Fsp3) is 0.464. The summed E-state index contributed by atoms with van der Waals surface area (Å²) in [5, 5.41) is 16.4. The zero-order valence-corrected chi connectivity index (χ0v) is 20.8. The standard InChI is InChI=1S/C28H33N3O5/c1-27(2,3)30-25(34)23-28-15-14-20(36-28)21(24(33)29-18-12-8-5-9-13-18)22(28)26(35)31(23)19(16-32)17-10-6-4-7-11-17/h4-13,19-23,32H,14-16H2,1-3H3,(H,29,33)(H,30,34)/t19-,20-,21+,22+,23?,28?/m1/s1. The number of nitrogens with zero attached hydrogens (tertiary/aromatic N) is 1. The molecule has 3 aliphatic heterocycles. The maximum absolute atomic E-state index is 14.2. The highest BCUT2D eigenvalue weighted by Gasteiger charge is 2.75. The second-order valence-electron chi connectivity index (χ2n) is 11.0. The lowest BCUT2D eigenvalue weighted by Gasteiger charge is -2.38. The number of ether oxygens (including phenoxy) is 1. The van der Waals surface area contributed by atoms with E-state index in [1.807, 2.05) is 69.3 Å². The van der Waals surface area contributed by atoms with Crippen molar-refractivity contribution < 1.29 is 24.2 Å². The first-order valence-electron chi connectivity index (χ1n) is 12.5. The summed E-state index contributed by atoms with van der Waals surface area (Å²) in [5.74, 6) is -2.49. The third-order valence-electron chi connectivity index (χ3n) is 7.52. The molecule has 3 aliphatic rings. The SMILES string of the molecule is CC(C)(C)NC(=O)C1N([C@H](CO)c2ccccc2)C(=O)[C@@H]2[C@@H](C(=O)Nc3ccccc3)[C@H]3CCC12O3. The molecule has 0 radical (unpaired) electrons. The van der Waals surface area contributed by atoms with E-state index >= 15 is 0 Å². The van der Waals surface area contributed by atoms with E-state index in [-0.39, 0.29) is 24.3 Å². The fourth-order valence-electron chi connectivity index (χ4n) is 6.24. The molecule has 0 saturated carbocycles. The van der Waals surface area contributed by atoms with Crippen LogP contribution in [0.4, 0.5) is 5.69 Å². The predicted molar refractivity (Wildman–Crippen MR) is 134 cm³/mol. The molecule has 3 fully saturated rings. The molecule has 2 bridgehead atoms. The van der Waals surface area contributed by atoms with Gasteiger partial charge in [0.1, 0.15) is 11.6 Å². The maximum atomic E-state index is 14.2. The first kappa shape index (κ1) is 24.5. The van der Waals surface area contributed by atoms with Crippen LogP contribution in [0, 0.1) is 11.8 Å². The van der Waals surface area contributed by atoms with E-state index in [1.165, 1.54) is 4.90 Å². The molecule has 2 unspecified atom stereocenters. The minimum atomic E-state index is -1.13. The van der Waals surface area contributed by atoms with Crippen molar-refractivity contribution in [3.05, 3.63) is 66.2 Å². The maximum Gasteiger partial charge on any atom is 0.246 e. The third kappa shape index (κ3) is 3.98. The number of nitrogens with one attached hydrogen (secondary N) is 2. The number of hydrogen-bond acceptors (Lipinski definition) is 5. The van der Waals surface area contributed by atoms with Crippen LogP contribution in [0.5, 0.6) is 0 Å². The number of carbonyl (C=O) groups is 3. The number of amides is 3. The van der Waals surface area contributed by atoms with Crippen LogP contribution < -0.4 is 10.6 Å². The molecule has 1 spiro atoms. The Morgan fingerprint density at radius 1 is 1.08 bits per heavy atom. The largest absolute Gasteiger partial charge is 0.394 e. The summed E-state index contributed by atoms with van der Waals surface area (Å²) in [4.78, 5) is 42.9. The Kier molecular flexibility index (Phi) is 6.12.